The van der Waals surface area contributed by atoms with Crippen molar-refractivity contribution in [1.82, 2.24) is 5.32 Å². The van der Waals surface area contributed by atoms with Gasteiger partial charge in [-0.25, -0.2) is 4.99 Å². The van der Waals surface area contributed by atoms with Gasteiger partial charge in [-0.3, -0.25) is 14.9 Å². The average Bonchev–Trinajstić information content (AvgIpc) is 2.47. The molecule has 2 rings (SSSR count). The number of aliphatic imine (C=N–C) groups is 1. The SMILES string of the molecule is O=C1NC(=Nc2ccccc2)SC1=O. The van der Waals surface area contributed by atoms with Crippen LogP contribution in [0, 0.1) is 0 Å². The first-order valence-corrected chi connectivity index (χ1v) is 4.74. The molecule has 1 N–H and O–H groups in total. The van der Waals surface area contributed by atoms with Crippen LogP contribution in [0.3, 0.4) is 0 Å². The van der Waals surface area contributed by atoms with Gasteiger partial charge in [0.1, 0.15) is 0 Å². The molecule has 1 aromatic rings. The van der Waals surface area contributed by atoms with Crippen LogP contribution in [0.5, 0.6) is 0 Å². The number of hydrogen-bond donors (Lipinski definition) is 1. The predicted octanol–water partition coefficient (Wildman–Crippen LogP) is 1.06. The first kappa shape index (κ1) is 8.96. The lowest BCUT2D eigenvalue weighted by Crippen LogP contribution is -2.21. The van der Waals surface area contributed by atoms with Crippen LogP contribution in [0.4, 0.5) is 5.69 Å². The van der Waals surface area contributed by atoms with Crippen LogP contribution in [0.2, 0.25) is 0 Å². The number of thioether (sulfide) groups is 1. The Morgan fingerprint density at radius 1 is 1.14 bits per heavy atom. The first-order valence-electron chi connectivity index (χ1n) is 3.92. The second-order valence-corrected chi connectivity index (χ2v) is 3.56. The largest absolute Gasteiger partial charge is 0.305 e. The third-order valence-corrected chi connectivity index (χ3v) is 2.34. The number of rotatable bonds is 1. The standard InChI is InChI=1S/C9H6N2O2S/c12-7-8(13)14-9(11-7)10-6-4-2-1-3-5-6/h1-5H,(H,10,11,12). The highest BCUT2D eigenvalue weighted by Gasteiger charge is 2.27. The molecule has 0 saturated carbocycles. The Balaban J connectivity index is 2.22. The molecule has 0 bridgehead atoms. The van der Waals surface area contributed by atoms with Crippen LogP contribution in [0.15, 0.2) is 35.3 Å². The zero-order chi connectivity index (χ0) is 9.97. The highest BCUT2D eigenvalue weighted by atomic mass is 32.2. The fourth-order valence-corrected chi connectivity index (χ4v) is 1.59. The van der Waals surface area contributed by atoms with Crippen LogP contribution in [-0.2, 0) is 9.59 Å². The van der Waals surface area contributed by atoms with Crippen LogP contribution in [0.25, 0.3) is 0 Å². The number of nitrogens with one attached hydrogen (secondary N) is 1. The van der Waals surface area contributed by atoms with Crippen molar-refractivity contribution in [2.75, 3.05) is 0 Å². The first-order chi connectivity index (χ1) is 6.75. The molecule has 14 heavy (non-hydrogen) atoms. The van der Waals surface area contributed by atoms with Crippen molar-refractivity contribution >= 4 is 33.6 Å². The number of amides is 1. The molecule has 1 aliphatic heterocycles. The molecule has 5 heteroatoms. The number of amidine groups is 1. The Morgan fingerprint density at radius 3 is 2.43 bits per heavy atom. The molecule has 1 fully saturated rings. The summed E-state index contributed by atoms with van der Waals surface area (Å²) in [5.74, 6) is -0.607. The quantitative estimate of drug-likeness (QED) is 0.699. The summed E-state index contributed by atoms with van der Waals surface area (Å²) in [6.07, 6.45) is 0. The van der Waals surface area contributed by atoms with Gasteiger partial charge in [-0.05, 0) is 23.9 Å². The molecule has 1 aliphatic rings. The van der Waals surface area contributed by atoms with E-state index in [1.165, 1.54) is 0 Å². The summed E-state index contributed by atoms with van der Waals surface area (Å²) in [5, 5.41) is 2.20. The predicted molar refractivity (Wildman–Crippen MR) is 54.3 cm³/mol. The lowest BCUT2D eigenvalue weighted by molar-refractivity contribution is -0.131. The van der Waals surface area contributed by atoms with E-state index in [4.69, 9.17) is 0 Å². The van der Waals surface area contributed by atoms with Gasteiger partial charge >= 0.3 is 5.91 Å². The minimum absolute atomic E-state index is 0.339. The lowest BCUT2D eigenvalue weighted by Gasteiger charge is -1.94. The van der Waals surface area contributed by atoms with Crippen LogP contribution < -0.4 is 5.32 Å². The molecule has 1 saturated heterocycles. The van der Waals surface area contributed by atoms with E-state index in [-0.39, 0.29) is 0 Å². The van der Waals surface area contributed by atoms with E-state index in [0.717, 1.165) is 11.8 Å². The van der Waals surface area contributed by atoms with Crippen molar-refractivity contribution in [3.05, 3.63) is 30.3 Å². The van der Waals surface area contributed by atoms with E-state index in [2.05, 4.69) is 10.3 Å². The summed E-state index contributed by atoms with van der Waals surface area (Å²) in [6, 6.07) is 9.13. The summed E-state index contributed by atoms with van der Waals surface area (Å²) in [6.45, 7) is 0. The van der Waals surface area contributed by atoms with Crippen molar-refractivity contribution < 1.29 is 9.59 Å². The van der Waals surface area contributed by atoms with Gasteiger partial charge in [0, 0.05) is 0 Å². The van der Waals surface area contributed by atoms with Crippen LogP contribution >= 0.6 is 11.8 Å². The van der Waals surface area contributed by atoms with E-state index in [9.17, 15) is 9.59 Å². The van der Waals surface area contributed by atoms with Crippen molar-refractivity contribution in [3.8, 4) is 0 Å². The molecule has 0 atom stereocenters. The Bertz CT molecular complexity index is 396. The minimum atomic E-state index is -0.607. The van der Waals surface area contributed by atoms with Gasteiger partial charge in [0.2, 0.25) is 0 Å². The van der Waals surface area contributed by atoms with Crippen LogP contribution in [0.1, 0.15) is 0 Å². The van der Waals surface area contributed by atoms with E-state index in [1.54, 1.807) is 12.1 Å². The topological polar surface area (TPSA) is 58.5 Å². The van der Waals surface area contributed by atoms with Crippen molar-refractivity contribution in [2.24, 2.45) is 4.99 Å². The van der Waals surface area contributed by atoms with Gasteiger partial charge in [0.25, 0.3) is 5.12 Å². The second-order valence-electron chi connectivity index (χ2n) is 2.60. The van der Waals surface area contributed by atoms with E-state index >= 15 is 0 Å². The number of nitrogens with zero attached hydrogens (tertiary/aromatic N) is 1. The maximum absolute atomic E-state index is 10.8. The Morgan fingerprint density at radius 2 is 1.86 bits per heavy atom. The smallest absolute Gasteiger partial charge is 0.297 e. The van der Waals surface area contributed by atoms with Gasteiger partial charge in [0.15, 0.2) is 5.17 Å². The maximum atomic E-state index is 10.8. The molecular weight excluding hydrogens is 200 g/mol. The molecule has 0 aliphatic carbocycles. The monoisotopic (exact) mass is 206 g/mol. The number of para-hydroxylation sites is 1. The minimum Gasteiger partial charge on any atom is -0.297 e. The summed E-state index contributed by atoms with van der Waals surface area (Å²) >= 11 is 0.819. The molecule has 70 valence electrons. The summed E-state index contributed by atoms with van der Waals surface area (Å²) in [4.78, 5) is 25.7. The normalized spacial score (nSPS) is 18.7. The third kappa shape index (κ3) is 1.82. The molecule has 4 nitrogen and oxygen atoms in total. The van der Waals surface area contributed by atoms with E-state index in [0.29, 0.717) is 10.9 Å². The number of carbonyl (C=O) groups is 2. The number of benzene rings is 1. The molecule has 0 radical (unpaired) electrons. The molecular formula is C9H6N2O2S. The molecule has 1 aromatic carbocycles. The van der Waals surface area contributed by atoms with Gasteiger partial charge in [0.05, 0.1) is 5.69 Å². The highest BCUT2D eigenvalue weighted by Crippen LogP contribution is 2.17. The Hall–Kier alpha value is -1.62. The average molecular weight is 206 g/mol. The Labute approximate surface area is 84.4 Å². The zero-order valence-corrected chi connectivity index (χ0v) is 7.88. The van der Waals surface area contributed by atoms with Crippen LogP contribution in [-0.4, -0.2) is 16.2 Å². The zero-order valence-electron chi connectivity index (χ0n) is 7.06. The molecule has 0 spiro atoms. The second kappa shape index (κ2) is 3.63. The summed E-state index contributed by atoms with van der Waals surface area (Å²) in [5.41, 5.74) is 0.713. The maximum Gasteiger partial charge on any atom is 0.305 e. The summed E-state index contributed by atoms with van der Waals surface area (Å²) < 4.78 is 0. The molecule has 0 aromatic heterocycles. The molecule has 1 heterocycles. The van der Waals surface area contributed by atoms with Gasteiger partial charge in [-0.2, -0.15) is 0 Å². The van der Waals surface area contributed by atoms with Gasteiger partial charge in [-0.1, -0.05) is 18.2 Å². The van der Waals surface area contributed by atoms with Crippen molar-refractivity contribution in [2.45, 2.75) is 0 Å². The fraction of sp³-hybridized carbons (Fsp3) is 0. The lowest BCUT2D eigenvalue weighted by atomic mass is 10.3. The Kier molecular flexibility index (Phi) is 2.32. The van der Waals surface area contributed by atoms with Crippen molar-refractivity contribution in [1.29, 1.82) is 0 Å². The van der Waals surface area contributed by atoms with E-state index < -0.39 is 11.0 Å². The molecule has 1 amide bonds. The number of hydrogen-bond acceptors (Lipinski definition) is 4. The molecule has 0 unspecified atom stereocenters. The summed E-state index contributed by atoms with van der Waals surface area (Å²) in [7, 11) is 0. The van der Waals surface area contributed by atoms with E-state index in [1.807, 2.05) is 18.2 Å². The van der Waals surface area contributed by atoms with Gasteiger partial charge in [-0.15, -0.1) is 0 Å². The third-order valence-electron chi connectivity index (χ3n) is 1.58. The highest BCUT2D eigenvalue weighted by molar-refractivity contribution is 8.28. The van der Waals surface area contributed by atoms with Crippen molar-refractivity contribution in [3.63, 3.8) is 0 Å². The fourth-order valence-electron chi connectivity index (χ4n) is 0.978. The number of carbonyl (C=O) groups excluding carboxylic acids is 2. The van der Waals surface area contributed by atoms with Gasteiger partial charge < -0.3 is 0 Å².